The van der Waals surface area contributed by atoms with Crippen molar-refractivity contribution in [3.63, 3.8) is 0 Å². The predicted octanol–water partition coefficient (Wildman–Crippen LogP) is -1.09. The second-order valence-electron chi connectivity index (χ2n) is 2.25. The molecule has 12 heavy (non-hydrogen) atoms. The lowest BCUT2D eigenvalue weighted by molar-refractivity contribution is 0.165. The van der Waals surface area contributed by atoms with Crippen LogP contribution in [0.25, 0.3) is 0 Å². The number of rotatable bonds is 6. The van der Waals surface area contributed by atoms with Crippen LogP contribution >= 0.6 is 0 Å². The van der Waals surface area contributed by atoms with Crippen LogP contribution in [0.4, 0.5) is 0 Å². The lowest BCUT2D eigenvalue weighted by Gasteiger charge is -2.11. The van der Waals surface area contributed by atoms with Crippen molar-refractivity contribution < 1.29 is 22.3 Å². The summed E-state index contributed by atoms with van der Waals surface area (Å²) in [7, 11) is -4.43. The number of hydrogen-bond acceptors (Lipinski definition) is 5. The molecule has 6 nitrogen and oxygen atoms in total. The van der Waals surface area contributed by atoms with E-state index in [1.54, 1.807) is 0 Å². The van der Waals surface area contributed by atoms with Crippen LogP contribution in [0.3, 0.4) is 0 Å². The van der Waals surface area contributed by atoms with Gasteiger partial charge >= 0.3 is 10.4 Å². The molecular weight excluding hydrogens is 186 g/mol. The topological polar surface area (TPSA) is 110 Å². The molecule has 1 unspecified atom stereocenters. The Kier molecular flexibility index (Phi) is 5.34. The van der Waals surface area contributed by atoms with E-state index >= 15 is 0 Å². The molecule has 0 saturated heterocycles. The Labute approximate surface area is 71.3 Å². The number of hydrogen-bond donors (Lipinski definition) is 3. The highest BCUT2D eigenvalue weighted by atomic mass is 32.3. The summed E-state index contributed by atoms with van der Waals surface area (Å²) in [6, 6.07) is 0. The fourth-order valence-corrected chi connectivity index (χ4v) is 1.21. The van der Waals surface area contributed by atoms with Gasteiger partial charge in [-0.1, -0.05) is 0 Å². The molecule has 0 saturated carbocycles. The van der Waals surface area contributed by atoms with Gasteiger partial charge in [0.15, 0.2) is 0 Å². The Morgan fingerprint density at radius 3 is 2.42 bits per heavy atom. The first-order chi connectivity index (χ1) is 5.49. The first kappa shape index (κ1) is 11.8. The minimum absolute atomic E-state index is 0.0141. The summed E-state index contributed by atoms with van der Waals surface area (Å²) >= 11 is 0. The maximum atomic E-state index is 10.2. The molecule has 0 aliphatic heterocycles. The van der Waals surface area contributed by atoms with Crippen molar-refractivity contribution >= 4 is 10.4 Å². The fraction of sp³-hybridized carbons (Fsp3) is 1.00. The first-order valence-electron chi connectivity index (χ1n) is 3.46. The average molecular weight is 199 g/mol. The van der Waals surface area contributed by atoms with Crippen LogP contribution in [0.1, 0.15) is 12.8 Å². The van der Waals surface area contributed by atoms with E-state index in [2.05, 4.69) is 4.18 Å². The van der Waals surface area contributed by atoms with Gasteiger partial charge < -0.3 is 10.8 Å². The molecule has 74 valence electrons. The molecule has 0 aromatic rings. The number of nitrogens with two attached hydrogens (primary N) is 1. The fourth-order valence-electron chi connectivity index (χ4n) is 0.696. The Balaban J connectivity index is 3.83. The van der Waals surface area contributed by atoms with Crippen LogP contribution in [0, 0.1) is 0 Å². The van der Waals surface area contributed by atoms with Crippen molar-refractivity contribution in [3.05, 3.63) is 0 Å². The molecule has 0 radical (unpaired) electrons. The lowest BCUT2D eigenvalue weighted by atomic mass is 10.2. The zero-order chi connectivity index (χ0) is 9.61. The van der Waals surface area contributed by atoms with Crippen molar-refractivity contribution in [1.29, 1.82) is 0 Å². The highest BCUT2D eigenvalue weighted by Gasteiger charge is 2.14. The van der Waals surface area contributed by atoms with Gasteiger partial charge in [-0.05, 0) is 12.8 Å². The van der Waals surface area contributed by atoms with Crippen LogP contribution in [0.5, 0.6) is 0 Å². The standard InChI is InChI=1S/C5H13NO5S/c6-4-5(2-1-3-7)11-12(8,9)10/h5,7H,1-4,6H2,(H,8,9,10). The molecule has 0 aromatic heterocycles. The lowest BCUT2D eigenvalue weighted by Crippen LogP contribution is -2.26. The molecule has 7 heteroatoms. The number of aliphatic hydroxyl groups excluding tert-OH is 1. The molecule has 0 fully saturated rings. The van der Waals surface area contributed by atoms with E-state index in [9.17, 15) is 8.42 Å². The third-order valence-corrected chi connectivity index (χ3v) is 1.72. The minimum Gasteiger partial charge on any atom is -0.396 e. The SMILES string of the molecule is NCC(CCCO)OS(=O)(=O)O. The van der Waals surface area contributed by atoms with Gasteiger partial charge in [0, 0.05) is 13.2 Å². The summed E-state index contributed by atoms with van der Waals surface area (Å²) in [6.45, 7) is -0.0782. The molecule has 0 heterocycles. The molecule has 0 aliphatic rings. The molecule has 4 N–H and O–H groups in total. The maximum absolute atomic E-state index is 10.2. The van der Waals surface area contributed by atoms with Crippen LogP contribution in [0.2, 0.25) is 0 Å². The summed E-state index contributed by atoms with van der Waals surface area (Å²) in [5.41, 5.74) is 5.14. The normalized spacial score (nSPS) is 14.6. The van der Waals surface area contributed by atoms with Crippen LogP contribution in [-0.4, -0.2) is 37.3 Å². The van der Waals surface area contributed by atoms with Crippen molar-refractivity contribution in [1.82, 2.24) is 0 Å². The zero-order valence-electron chi connectivity index (χ0n) is 6.51. The third-order valence-electron chi connectivity index (χ3n) is 1.20. The smallest absolute Gasteiger partial charge is 0.396 e. The average Bonchev–Trinajstić information content (AvgIpc) is 1.95. The Bertz CT molecular complexity index is 202. The summed E-state index contributed by atoms with van der Waals surface area (Å²) in [5, 5.41) is 8.40. The predicted molar refractivity (Wildman–Crippen MR) is 41.8 cm³/mol. The van der Waals surface area contributed by atoms with E-state index in [0.29, 0.717) is 12.8 Å². The van der Waals surface area contributed by atoms with Crippen molar-refractivity contribution in [2.24, 2.45) is 5.73 Å². The zero-order valence-corrected chi connectivity index (χ0v) is 7.33. The summed E-state index contributed by atoms with van der Waals surface area (Å²) in [5.74, 6) is 0. The number of aliphatic hydroxyl groups is 1. The molecule has 0 aliphatic carbocycles. The van der Waals surface area contributed by atoms with Gasteiger partial charge in [0.2, 0.25) is 0 Å². The Morgan fingerprint density at radius 1 is 1.50 bits per heavy atom. The van der Waals surface area contributed by atoms with E-state index in [4.69, 9.17) is 15.4 Å². The highest BCUT2D eigenvalue weighted by molar-refractivity contribution is 7.80. The quantitative estimate of drug-likeness (QED) is 0.469. The summed E-state index contributed by atoms with van der Waals surface area (Å²) in [6.07, 6.45) is -0.0726. The maximum Gasteiger partial charge on any atom is 0.397 e. The third kappa shape index (κ3) is 6.50. The van der Waals surface area contributed by atoms with Gasteiger partial charge in [-0.2, -0.15) is 8.42 Å². The van der Waals surface area contributed by atoms with Gasteiger partial charge in [0.1, 0.15) is 0 Å². The molecule has 0 aromatic carbocycles. The van der Waals surface area contributed by atoms with Gasteiger partial charge in [0.05, 0.1) is 6.10 Å². The van der Waals surface area contributed by atoms with Gasteiger partial charge in [-0.15, -0.1) is 0 Å². The molecule has 0 rings (SSSR count). The van der Waals surface area contributed by atoms with Crippen LogP contribution in [-0.2, 0) is 14.6 Å². The van der Waals surface area contributed by atoms with Crippen LogP contribution in [0.15, 0.2) is 0 Å². The second-order valence-corrected chi connectivity index (χ2v) is 3.30. The molecule has 0 amide bonds. The minimum atomic E-state index is -4.43. The van der Waals surface area contributed by atoms with E-state index in [1.807, 2.05) is 0 Å². The second kappa shape index (κ2) is 5.44. The summed E-state index contributed by atoms with van der Waals surface area (Å²) in [4.78, 5) is 0. The molecular formula is C5H13NO5S. The largest absolute Gasteiger partial charge is 0.397 e. The molecule has 1 atom stereocenters. The van der Waals surface area contributed by atoms with Crippen molar-refractivity contribution in [2.75, 3.05) is 13.2 Å². The van der Waals surface area contributed by atoms with Crippen LogP contribution < -0.4 is 5.73 Å². The van der Waals surface area contributed by atoms with E-state index in [0.717, 1.165) is 0 Å². The first-order valence-corrected chi connectivity index (χ1v) is 4.82. The van der Waals surface area contributed by atoms with Gasteiger partial charge in [-0.3, -0.25) is 4.55 Å². The van der Waals surface area contributed by atoms with Crippen molar-refractivity contribution in [3.8, 4) is 0 Å². The van der Waals surface area contributed by atoms with Crippen molar-refractivity contribution in [2.45, 2.75) is 18.9 Å². The Hall–Kier alpha value is -0.210. The molecule has 0 spiro atoms. The Morgan fingerprint density at radius 2 is 2.08 bits per heavy atom. The van der Waals surface area contributed by atoms with Gasteiger partial charge in [0.25, 0.3) is 0 Å². The van der Waals surface area contributed by atoms with E-state index in [1.165, 1.54) is 0 Å². The van der Waals surface area contributed by atoms with E-state index < -0.39 is 16.5 Å². The monoisotopic (exact) mass is 199 g/mol. The van der Waals surface area contributed by atoms with E-state index in [-0.39, 0.29) is 13.2 Å². The van der Waals surface area contributed by atoms with Gasteiger partial charge in [-0.25, -0.2) is 4.18 Å². The summed E-state index contributed by atoms with van der Waals surface area (Å²) < 4.78 is 32.8. The molecule has 0 bridgehead atoms. The highest BCUT2D eigenvalue weighted by Crippen LogP contribution is 2.03.